The summed E-state index contributed by atoms with van der Waals surface area (Å²) in [6, 6.07) is 13.7. The second-order valence-corrected chi connectivity index (χ2v) is 7.12. The normalized spacial score (nSPS) is 17.5. The number of pyridine rings is 1. The van der Waals surface area contributed by atoms with Gasteiger partial charge in [-0.25, -0.2) is 0 Å². The van der Waals surface area contributed by atoms with Gasteiger partial charge in [0.15, 0.2) is 0 Å². The fourth-order valence-electron chi connectivity index (χ4n) is 3.76. The molecule has 2 aromatic rings. The van der Waals surface area contributed by atoms with Gasteiger partial charge in [0.2, 0.25) is 5.91 Å². The first-order chi connectivity index (χ1) is 13.2. The van der Waals surface area contributed by atoms with E-state index in [0.717, 1.165) is 26.1 Å². The van der Waals surface area contributed by atoms with Crippen LogP contribution in [-0.2, 0) is 17.8 Å². The van der Waals surface area contributed by atoms with Gasteiger partial charge in [-0.15, -0.1) is 0 Å². The van der Waals surface area contributed by atoms with E-state index in [9.17, 15) is 9.59 Å². The van der Waals surface area contributed by atoms with Gasteiger partial charge >= 0.3 is 0 Å². The highest BCUT2D eigenvalue weighted by Gasteiger charge is 2.26. The van der Waals surface area contributed by atoms with Crippen LogP contribution in [0.4, 0.5) is 0 Å². The molecule has 1 fully saturated rings. The topological polar surface area (TPSA) is 56.8 Å². The molecule has 140 valence electrons. The molecule has 0 saturated carbocycles. The van der Waals surface area contributed by atoms with E-state index < -0.39 is 0 Å². The number of piperazine rings is 1. The quantitative estimate of drug-likeness (QED) is 0.827. The summed E-state index contributed by atoms with van der Waals surface area (Å²) in [6.45, 7) is 4.61. The Morgan fingerprint density at radius 2 is 1.59 bits per heavy atom. The Labute approximate surface area is 159 Å². The smallest absolute Gasteiger partial charge is 0.272 e. The first-order valence-electron chi connectivity index (χ1n) is 9.48. The molecule has 1 aromatic heterocycles. The molecule has 0 N–H and O–H groups in total. The highest BCUT2D eigenvalue weighted by Crippen LogP contribution is 2.18. The average molecular weight is 364 g/mol. The van der Waals surface area contributed by atoms with Gasteiger partial charge in [-0.1, -0.05) is 30.3 Å². The Kier molecular flexibility index (Phi) is 5.16. The Morgan fingerprint density at radius 1 is 0.852 bits per heavy atom. The van der Waals surface area contributed by atoms with Crippen molar-refractivity contribution >= 4 is 11.8 Å². The van der Waals surface area contributed by atoms with E-state index in [1.807, 2.05) is 21.9 Å². The van der Waals surface area contributed by atoms with Crippen molar-refractivity contribution in [2.75, 3.05) is 39.3 Å². The molecule has 6 nitrogen and oxygen atoms in total. The van der Waals surface area contributed by atoms with Crippen LogP contribution in [0.5, 0.6) is 0 Å². The van der Waals surface area contributed by atoms with Crippen molar-refractivity contribution < 1.29 is 9.59 Å². The van der Waals surface area contributed by atoms with Gasteiger partial charge in [-0.2, -0.15) is 0 Å². The zero-order valence-electron chi connectivity index (χ0n) is 15.4. The predicted molar refractivity (Wildman–Crippen MR) is 102 cm³/mol. The zero-order valence-corrected chi connectivity index (χ0v) is 15.4. The van der Waals surface area contributed by atoms with Crippen molar-refractivity contribution in [2.45, 2.75) is 13.0 Å². The first kappa shape index (κ1) is 17.7. The predicted octanol–water partition coefficient (Wildman–Crippen LogP) is 1.42. The second kappa shape index (κ2) is 7.88. The molecule has 1 saturated heterocycles. The molecule has 6 heteroatoms. The first-order valence-corrected chi connectivity index (χ1v) is 9.48. The number of rotatable bonds is 3. The highest BCUT2D eigenvalue weighted by molar-refractivity contribution is 5.92. The van der Waals surface area contributed by atoms with Crippen LogP contribution in [0.25, 0.3) is 0 Å². The minimum absolute atomic E-state index is 0.0331. The third kappa shape index (κ3) is 4.01. The molecular formula is C21H24N4O2. The van der Waals surface area contributed by atoms with E-state index in [1.54, 1.807) is 18.3 Å². The van der Waals surface area contributed by atoms with Gasteiger partial charge < -0.3 is 9.80 Å². The summed E-state index contributed by atoms with van der Waals surface area (Å²) >= 11 is 0. The lowest BCUT2D eigenvalue weighted by Crippen LogP contribution is -2.52. The number of carbonyl (C=O) groups excluding carboxylic acids is 2. The van der Waals surface area contributed by atoms with Crippen molar-refractivity contribution in [1.29, 1.82) is 0 Å². The highest BCUT2D eigenvalue weighted by atomic mass is 16.2. The summed E-state index contributed by atoms with van der Waals surface area (Å²) in [4.78, 5) is 35.2. The third-order valence-electron chi connectivity index (χ3n) is 5.39. The lowest BCUT2D eigenvalue weighted by molar-refractivity contribution is -0.133. The van der Waals surface area contributed by atoms with Crippen molar-refractivity contribution in [3.8, 4) is 0 Å². The number of hydrogen-bond donors (Lipinski definition) is 0. The Hall–Kier alpha value is -2.73. The van der Waals surface area contributed by atoms with Crippen LogP contribution < -0.4 is 0 Å². The summed E-state index contributed by atoms with van der Waals surface area (Å²) in [5.74, 6) is 0.142. The molecule has 2 aliphatic rings. The minimum atomic E-state index is -0.0331. The van der Waals surface area contributed by atoms with E-state index in [1.165, 1.54) is 11.1 Å². The summed E-state index contributed by atoms with van der Waals surface area (Å²) < 4.78 is 0. The van der Waals surface area contributed by atoms with E-state index in [-0.39, 0.29) is 11.8 Å². The monoisotopic (exact) mass is 364 g/mol. The molecule has 0 bridgehead atoms. The van der Waals surface area contributed by atoms with Gasteiger partial charge in [-0.3, -0.25) is 19.5 Å². The summed E-state index contributed by atoms with van der Waals surface area (Å²) in [6.07, 6.45) is 2.56. The molecule has 0 radical (unpaired) electrons. The second-order valence-electron chi connectivity index (χ2n) is 7.12. The molecule has 4 rings (SSSR count). The maximum atomic E-state index is 12.7. The lowest BCUT2D eigenvalue weighted by Gasteiger charge is -2.36. The van der Waals surface area contributed by atoms with Crippen LogP contribution in [0, 0.1) is 0 Å². The zero-order chi connectivity index (χ0) is 18.6. The lowest BCUT2D eigenvalue weighted by atomic mass is 10.00. The Morgan fingerprint density at radius 3 is 2.33 bits per heavy atom. The van der Waals surface area contributed by atoms with E-state index in [2.05, 4.69) is 28.1 Å². The molecule has 27 heavy (non-hydrogen) atoms. The maximum absolute atomic E-state index is 12.7. The minimum Gasteiger partial charge on any atom is -0.337 e. The SMILES string of the molecule is O=C(CN1CCN(C(=O)c2ccccn2)CC1)N1CCc2ccccc2C1. The fraction of sp³-hybridized carbons (Fsp3) is 0.381. The maximum Gasteiger partial charge on any atom is 0.272 e. The largest absolute Gasteiger partial charge is 0.337 e. The van der Waals surface area contributed by atoms with Crippen LogP contribution in [0.1, 0.15) is 21.6 Å². The van der Waals surface area contributed by atoms with Crippen molar-refractivity contribution in [3.05, 3.63) is 65.5 Å². The number of nitrogens with zero attached hydrogens (tertiary/aromatic N) is 4. The van der Waals surface area contributed by atoms with E-state index in [0.29, 0.717) is 31.9 Å². The van der Waals surface area contributed by atoms with Crippen LogP contribution in [0.2, 0.25) is 0 Å². The van der Waals surface area contributed by atoms with Crippen molar-refractivity contribution in [2.24, 2.45) is 0 Å². The summed E-state index contributed by atoms with van der Waals surface area (Å²) in [7, 11) is 0. The number of fused-ring (bicyclic) bond motifs is 1. The number of benzene rings is 1. The Balaban J connectivity index is 1.28. The van der Waals surface area contributed by atoms with Crippen molar-refractivity contribution in [3.63, 3.8) is 0 Å². The van der Waals surface area contributed by atoms with Gasteiger partial charge in [0.25, 0.3) is 5.91 Å². The number of amides is 2. The number of aromatic nitrogens is 1. The molecular weight excluding hydrogens is 340 g/mol. The Bertz CT molecular complexity index is 816. The van der Waals surface area contributed by atoms with Crippen LogP contribution in [-0.4, -0.2) is 70.8 Å². The molecule has 0 unspecified atom stereocenters. The van der Waals surface area contributed by atoms with Crippen LogP contribution in [0.15, 0.2) is 48.7 Å². The molecule has 0 spiro atoms. The summed E-state index contributed by atoms with van der Waals surface area (Å²) in [5, 5.41) is 0. The molecule has 1 aromatic carbocycles. The van der Waals surface area contributed by atoms with Gasteiger partial charge in [-0.05, 0) is 29.7 Å². The standard InChI is InChI=1S/C21H24N4O2/c26-20(25-10-8-17-5-1-2-6-18(17)15-25)16-23-11-13-24(14-12-23)21(27)19-7-3-4-9-22-19/h1-7,9H,8,10-16H2. The van der Waals surface area contributed by atoms with Crippen LogP contribution >= 0.6 is 0 Å². The van der Waals surface area contributed by atoms with E-state index in [4.69, 9.17) is 0 Å². The molecule has 3 heterocycles. The number of carbonyl (C=O) groups is 2. The van der Waals surface area contributed by atoms with Gasteiger partial charge in [0.1, 0.15) is 5.69 Å². The molecule has 2 aliphatic heterocycles. The fourth-order valence-corrected chi connectivity index (χ4v) is 3.76. The summed E-state index contributed by atoms with van der Waals surface area (Å²) in [5.41, 5.74) is 3.08. The van der Waals surface area contributed by atoms with Gasteiger partial charge in [0, 0.05) is 45.5 Å². The average Bonchev–Trinajstić information content (AvgIpc) is 2.74. The molecule has 0 atom stereocenters. The van der Waals surface area contributed by atoms with E-state index >= 15 is 0 Å². The van der Waals surface area contributed by atoms with Crippen molar-refractivity contribution in [1.82, 2.24) is 19.7 Å². The van der Waals surface area contributed by atoms with Gasteiger partial charge in [0.05, 0.1) is 6.54 Å². The van der Waals surface area contributed by atoms with Crippen LogP contribution in [0.3, 0.4) is 0 Å². The molecule has 0 aliphatic carbocycles. The number of hydrogen-bond acceptors (Lipinski definition) is 4. The third-order valence-corrected chi connectivity index (χ3v) is 5.39. The molecule has 2 amide bonds.